The largest absolute Gasteiger partial charge is 0.377 e. The number of hydrogen-bond donors (Lipinski definition) is 1. The van der Waals surface area contributed by atoms with Crippen LogP contribution in [0.15, 0.2) is 0 Å². The lowest BCUT2D eigenvalue weighted by Gasteiger charge is -2.21. The summed E-state index contributed by atoms with van der Waals surface area (Å²) in [5, 5.41) is 10.4. The maximum absolute atomic E-state index is 10.4. The molecule has 2 saturated carbocycles. The standard InChI is InChI=1S/C12H18O/c1-9(2)7-8-12(13,10-3-4-10)11-5-6-11/h9-11,13H,3-6H2,1-2H3. The Morgan fingerprint density at radius 2 is 1.62 bits per heavy atom. The maximum atomic E-state index is 10.4. The molecule has 1 nitrogen and oxygen atoms in total. The Labute approximate surface area is 80.5 Å². The average Bonchev–Trinajstić information content (AvgIpc) is 2.88. The topological polar surface area (TPSA) is 20.2 Å². The zero-order valence-corrected chi connectivity index (χ0v) is 8.51. The molecule has 0 aliphatic heterocycles. The molecule has 0 spiro atoms. The van der Waals surface area contributed by atoms with Crippen LogP contribution in [0.5, 0.6) is 0 Å². The second kappa shape index (κ2) is 3.03. The van der Waals surface area contributed by atoms with Crippen LogP contribution in [-0.4, -0.2) is 10.7 Å². The Balaban J connectivity index is 2.09. The van der Waals surface area contributed by atoms with Crippen molar-refractivity contribution in [2.45, 2.75) is 45.1 Å². The van der Waals surface area contributed by atoms with Crippen LogP contribution >= 0.6 is 0 Å². The van der Waals surface area contributed by atoms with Crippen LogP contribution in [0.25, 0.3) is 0 Å². The minimum Gasteiger partial charge on any atom is -0.377 e. The summed E-state index contributed by atoms with van der Waals surface area (Å²) in [7, 11) is 0. The van der Waals surface area contributed by atoms with Crippen molar-refractivity contribution >= 4 is 0 Å². The summed E-state index contributed by atoms with van der Waals surface area (Å²) in [5.41, 5.74) is -0.607. The van der Waals surface area contributed by atoms with E-state index in [9.17, 15) is 5.11 Å². The van der Waals surface area contributed by atoms with Crippen molar-refractivity contribution in [1.82, 2.24) is 0 Å². The van der Waals surface area contributed by atoms with Gasteiger partial charge in [0.1, 0.15) is 5.60 Å². The van der Waals surface area contributed by atoms with Gasteiger partial charge in [-0.15, -0.1) is 0 Å². The molecule has 0 aromatic rings. The van der Waals surface area contributed by atoms with Crippen LogP contribution in [0.1, 0.15) is 39.5 Å². The van der Waals surface area contributed by atoms with Crippen LogP contribution in [0, 0.1) is 29.6 Å². The Kier molecular flexibility index (Phi) is 2.12. The molecule has 0 atom stereocenters. The average molecular weight is 178 g/mol. The number of hydrogen-bond acceptors (Lipinski definition) is 1. The Morgan fingerprint density at radius 1 is 1.15 bits per heavy atom. The highest BCUT2D eigenvalue weighted by Crippen LogP contribution is 2.51. The van der Waals surface area contributed by atoms with E-state index in [1.807, 2.05) is 0 Å². The van der Waals surface area contributed by atoms with Gasteiger partial charge in [-0.1, -0.05) is 25.7 Å². The lowest BCUT2D eigenvalue weighted by molar-refractivity contribution is 0.0545. The van der Waals surface area contributed by atoms with Gasteiger partial charge in [0.05, 0.1) is 0 Å². The van der Waals surface area contributed by atoms with Crippen LogP contribution in [0.3, 0.4) is 0 Å². The number of aliphatic hydroxyl groups is 1. The van der Waals surface area contributed by atoms with Crippen LogP contribution in [-0.2, 0) is 0 Å². The predicted molar refractivity (Wildman–Crippen MR) is 53.0 cm³/mol. The smallest absolute Gasteiger partial charge is 0.131 e. The summed E-state index contributed by atoms with van der Waals surface area (Å²) < 4.78 is 0. The molecule has 1 N–H and O–H groups in total. The fraction of sp³-hybridized carbons (Fsp3) is 0.833. The van der Waals surface area contributed by atoms with Gasteiger partial charge in [0.15, 0.2) is 0 Å². The molecule has 13 heavy (non-hydrogen) atoms. The molecule has 0 radical (unpaired) electrons. The predicted octanol–water partition coefficient (Wildman–Crippen LogP) is 2.20. The van der Waals surface area contributed by atoms with Gasteiger partial charge in [-0.2, -0.15) is 0 Å². The van der Waals surface area contributed by atoms with Crippen molar-refractivity contribution in [3.8, 4) is 11.8 Å². The summed E-state index contributed by atoms with van der Waals surface area (Å²) in [6, 6.07) is 0. The fourth-order valence-corrected chi connectivity index (χ4v) is 1.84. The molecule has 0 aromatic carbocycles. The first-order chi connectivity index (χ1) is 6.13. The first kappa shape index (κ1) is 9.09. The lowest BCUT2D eigenvalue weighted by atomic mass is 9.92. The first-order valence-electron chi connectivity index (χ1n) is 5.38. The first-order valence-corrected chi connectivity index (χ1v) is 5.38. The Bertz CT molecular complexity index is 236. The molecular formula is C12H18O. The molecule has 72 valence electrons. The van der Waals surface area contributed by atoms with E-state index >= 15 is 0 Å². The van der Waals surface area contributed by atoms with Gasteiger partial charge in [0, 0.05) is 5.92 Å². The Hall–Kier alpha value is -0.480. The third-order valence-electron chi connectivity index (χ3n) is 2.96. The molecule has 0 unspecified atom stereocenters. The van der Waals surface area contributed by atoms with Gasteiger partial charge < -0.3 is 5.11 Å². The van der Waals surface area contributed by atoms with E-state index < -0.39 is 5.60 Å². The molecule has 2 aliphatic carbocycles. The van der Waals surface area contributed by atoms with Gasteiger partial charge in [-0.05, 0) is 37.5 Å². The molecule has 0 heterocycles. The van der Waals surface area contributed by atoms with E-state index in [2.05, 4.69) is 25.7 Å². The molecule has 2 fully saturated rings. The van der Waals surface area contributed by atoms with Crippen molar-refractivity contribution in [2.24, 2.45) is 17.8 Å². The van der Waals surface area contributed by atoms with Crippen molar-refractivity contribution in [3.63, 3.8) is 0 Å². The molecule has 1 heteroatoms. The van der Waals surface area contributed by atoms with E-state index in [-0.39, 0.29) is 0 Å². The lowest BCUT2D eigenvalue weighted by Crippen LogP contribution is -2.32. The summed E-state index contributed by atoms with van der Waals surface area (Å²) in [5.74, 6) is 7.62. The van der Waals surface area contributed by atoms with Gasteiger partial charge in [-0.25, -0.2) is 0 Å². The monoisotopic (exact) mass is 178 g/mol. The fourth-order valence-electron chi connectivity index (χ4n) is 1.84. The molecule has 2 aliphatic rings. The van der Waals surface area contributed by atoms with Crippen LogP contribution < -0.4 is 0 Å². The normalized spacial score (nSPS) is 22.8. The SMILES string of the molecule is CC(C)C#CC(O)(C1CC1)C1CC1. The highest BCUT2D eigenvalue weighted by Gasteiger charge is 2.52. The Morgan fingerprint density at radius 3 is 1.92 bits per heavy atom. The van der Waals surface area contributed by atoms with Gasteiger partial charge in [0.25, 0.3) is 0 Å². The van der Waals surface area contributed by atoms with E-state index in [1.165, 1.54) is 25.7 Å². The third-order valence-corrected chi connectivity index (χ3v) is 2.96. The molecule has 0 aromatic heterocycles. The summed E-state index contributed by atoms with van der Waals surface area (Å²) in [4.78, 5) is 0. The van der Waals surface area contributed by atoms with Crippen molar-refractivity contribution in [2.75, 3.05) is 0 Å². The van der Waals surface area contributed by atoms with Gasteiger partial charge >= 0.3 is 0 Å². The maximum Gasteiger partial charge on any atom is 0.131 e. The quantitative estimate of drug-likeness (QED) is 0.643. The second-order valence-corrected chi connectivity index (χ2v) is 4.80. The highest BCUT2D eigenvalue weighted by molar-refractivity contribution is 5.24. The summed E-state index contributed by atoms with van der Waals surface area (Å²) in [6.07, 6.45) is 4.72. The van der Waals surface area contributed by atoms with Crippen molar-refractivity contribution < 1.29 is 5.11 Å². The zero-order chi connectivity index (χ0) is 9.47. The van der Waals surface area contributed by atoms with E-state index in [1.54, 1.807) is 0 Å². The minimum absolute atomic E-state index is 0.379. The molecule has 0 saturated heterocycles. The molecule has 0 amide bonds. The highest BCUT2D eigenvalue weighted by atomic mass is 16.3. The molecule has 0 bridgehead atoms. The minimum atomic E-state index is -0.607. The van der Waals surface area contributed by atoms with Gasteiger partial charge in [0.2, 0.25) is 0 Å². The third kappa shape index (κ3) is 1.89. The van der Waals surface area contributed by atoms with Gasteiger partial charge in [-0.3, -0.25) is 0 Å². The van der Waals surface area contributed by atoms with E-state index in [0.29, 0.717) is 17.8 Å². The molecule has 2 rings (SSSR count). The summed E-state index contributed by atoms with van der Waals surface area (Å²) in [6.45, 7) is 4.15. The zero-order valence-electron chi connectivity index (χ0n) is 8.51. The van der Waals surface area contributed by atoms with Crippen LogP contribution in [0.2, 0.25) is 0 Å². The summed E-state index contributed by atoms with van der Waals surface area (Å²) >= 11 is 0. The van der Waals surface area contributed by atoms with E-state index in [0.717, 1.165) is 0 Å². The van der Waals surface area contributed by atoms with Crippen LogP contribution in [0.4, 0.5) is 0 Å². The van der Waals surface area contributed by atoms with E-state index in [4.69, 9.17) is 0 Å². The number of rotatable bonds is 2. The van der Waals surface area contributed by atoms with Crippen molar-refractivity contribution in [3.05, 3.63) is 0 Å². The second-order valence-electron chi connectivity index (χ2n) is 4.80. The molecular weight excluding hydrogens is 160 g/mol. The van der Waals surface area contributed by atoms with Crippen molar-refractivity contribution in [1.29, 1.82) is 0 Å².